The number of nitrogens with one attached hydrogen (secondary N) is 1. The Morgan fingerprint density at radius 1 is 1.47 bits per heavy atom. The van der Waals surface area contributed by atoms with Crippen molar-refractivity contribution in [3.05, 3.63) is 11.9 Å². The summed E-state index contributed by atoms with van der Waals surface area (Å²) in [6.45, 7) is 3.25. The Bertz CT molecular complexity index is 510. The number of sulfone groups is 1. The first-order valence-electron chi connectivity index (χ1n) is 6.50. The number of nitrogens with zero attached hydrogens (tertiary/aromatic N) is 2. The highest BCUT2D eigenvalue weighted by molar-refractivity contribution is 7.91. The van der Waals surface area contributed by atoms with Crippen molar-refractivity contribution >= 4 is 15.8 Å². The molecule has 0 unspecified atom stereocenters. The smallest absolute Gasteiger partial charge is 0.203 e. The molecule has 7 heteroatoms. The minimum Gasteiger partial charge on any atom is -0.383 e. The summed E-state index contributed by atoms with van der Waals surface area (Å²) in [5, 5.41) is 3.23. The molecule has 0 bridgehead atoms. The summed E-state index contributed by atoms with van der Waals surface area (Å²) in [4.78, 5) is 4.44. The molecule has 0 aromatic carbocycles. The number of imidazole rings is 1. The van der Waals surface area contributed by atoms with Crippen LogP contribution in [0.25, 0.3) is 0 Å². The first kappa shape index (κ1) is 14.3. The largest absolute Gasteiger partial charge is 0.383 e. The highest BCUT2D eigenvalue weighted by Gasteiger charge is 2.26. The molecule has 1 aliphatic heterocycles. The third kappa shape index (κ3) is 3.70. The predicted molar refractivity (Wildman–Crippen MR) is 74.3 cm³/mol. The molecule has 0 spiro atoms. The van der Waals surface area contributed by atoms with E-state index in [2.05, 4.69) is 14.9 Å². The third-order valence-corrected chi connectivity index (χ3v) is 5.08. The summed E-state index contributed by atoms with van der Waals surface area (Å²) in [5.41, 5.74) is 0.938. The van der Waals surface area contributed by atoms with Crippen LogP contribution in [0.5, 0.6) is 0 Å². The Morgan fingerprint density at radius 3 is 2.79 bits per heavy atom. The van der Waals surface area contributed by atoms with Gasteiger partial charge in [-0.2, -0.15) is 0 Å². The molecule has 1 aliphatic rings. The number of ether oxygens (including phenoxy) is 1. The molecule has 2 rings (SSSR count). The summed E-state index contributed by atoms with van der Waals surface area (Å²) in [7, 11) is -1.17. The number of rotatable bonds is 5. The second-order valence-electron chi connectivity index (χ2n) is 4.92. The normalized spacial score (nSPS) is 19.5. The van der Waals surface area contributed by atoms with Crippen molar-refractivity contribution in [1.82, 2.24) is 9.55 Å². The van der Waals surface area contributed by atoms with Crippen LogP contribution in [0.4, 0.5) is 5.95 Å². The maximum Gasteiger partial charge on any atom is 0.203 e. The molecule has 1 N–H and O–H groups in total. The Hall–Kier alpha value is -1.08. The third-order valence-electron chi connectivity index (χ3n) is 3.36. The summed E-state index contributed by atoms with van der Waals surface area (Å²) < 4.78 is 30.0. The van der Waals surface area contributed by atoms with Crippen LogP contribution in [0.3, 0.4) is 0 Å². The van der Waals surface area contributed by atoms with Crippen molar-refractivity contribution in [3.63, 3.8) is 0 Å². The molecule has 1 aromatic rings. The highest BCUT2D eigenvalue weighted by atomic mass is 32.2. The molecule has 0 aliphatic carbocycles. The van der Waals surface area contributed by atoms with Crippen molar-refractivity contribution in [2.75, 3.05) is 37.1 Å². The summed E-state index contributed by atoms with van der Waals surface area (Å²) in [6.07, 6.45) is 3.31. The van der Waals surface area contributed by atoms with Crippen LogP contribution in [-0.4, -0.2) is 49.7 Å². The van der Waals surface area contributed by atoms with E-state index in [-0.39, 0.29) is 17.5 Å². The second kappa shape index (κ2) is 5.92. The van der Waals surface area contributed by atoms with Crippen molar-refractivity contribution < 1.29 is 13.2 Å². The quantitative estimate of drug-likeness (QED) is 0.818. The molecular weight excluding hydrogens is 266 g/mol. The summed E-state index contributed by atoms with van der Waals surface area (Å²) >= 11 is 0. The van der Waals surface area contributed by atoms with Gasteiger partial charge in [0, 0.05) is 25.9 Å². The monoisotopic (exact) mass is 287 g/mol. The predicted octanol–water partition coefficient (Wildman–Crippen LogP) is 1.000. The van der Waals surface area contributed by atoms with Gasteiger partial charge < -0.3 is 14.6 Å². The van der Waals surface area contributed by atoms with Gasteiger partial charge in [-0.05, 0) is 19.8 Å². The zero-order chi connectivity index (χ0) is 13.9. The van der Waals surface area contributed by atoms with Gasteiger partial charge in [0.2, 0.25) is 5.95 Å². The lowest BCUT2D eigenvalue weighted by Gasteiger charge is -2.24. The number of aromatic nitrogens is 2. The lowest BCUT2D eigenvalue weighted by molar-refractivity contribution is 0.210. The number of hydrogen-bond donors (Lipinski definition) is 1. The first-order chi connectivity index (χ1) is 9.02. The van der Waals surface area contributed by atoms with Crippen LogP contribution in [0.2, 0.25) is 0 Å². The van der Waals surface area contributed by atoms with Gasteiger partial charge in [-0.1, -0.05) is 0 Å². The topological polar surface area (TPSA) is 73.2 Å². The lowest BCUT2D eigenvalue weighted by atomic mass is 10.1. The van der Waals surface area contributed by atoms with E-state index in [1.54, 1.807) is 7.11 Å². The van der Waals surface area contributed by atoms with Crippen molar-refractivity contribution in [2.45, 2.75) is 25.8 Å². The first-order valence-corrected chi connectivity index (χ1v) is 8.32. The van der Waals surface area contributed by atoms with Crippen LogP contribution in [-0.2, 0) is 14.6 Å². The van der Waals surface area contributed by atoms with Gasteiger partial charge in [-0.15, -0.1) is 0 Å². The average Bonchev–Trinajstić information content (AvgIpc) is 2.71. The second-order valence-corrected chi connectivity index (χ2v) is 7.22. The van der Waals surface area contributed by atoms with Crippen LogP contribution >= 0.6 is 0 Å². The number of aryl methyl sites for hydroxylation is 1. The summed E-state index contributed by atoms with van der Waals surface area (Å²) in [5.74, 6) is 1.34. The van der Waals surface area contributed by atoms with E-state index in [4.69, 9.17) is 4.74 Å². The Kier molecular flexibility index (Phi) is 4.46. The fourth-order valence-electron chi connectivity index (χ4n) is 2.35. The van der Waals surface area contributed by atoms with Gasteiger partial charge >= 0.3 is 0 Å². The van der Waals surface area contributed by atoms with E-state index < -0.39 is 9.84 Å². The van der Waals surface area contributed by atoms with E-state index in [1.165, 1.54) is 0 Å². The average molecular weight is 287 g/mol. The molecule has 0 radical (unpaired) electrons. The van der Waals surface area contributed by atoms with Crippen LogP contribution in [0.15, 0.2) is 6.20 Å². The van der Waals surface area contributed by atoms with Crippen LogP contribution in [0.1, 0.15) is 24.6 Å². The minimum atomic E-state index is -2.82. The molecule has 0 amide bonds. The molecule has 108 valence electrons. The molecule has 0 atom stereocenters. The molecule has 19 heavy (non-hydrogen) atoms. The molecule has 1 saturated heterocycles. The molecule has 2 heterocycles. The Morgan fingerprint density at radius 2 is 2.16 bits per heavy atom. The standard InChI is InChI=1S/C12H21N3O3S/c1-10-9-15(12(14-10)13-5-6-18-2)11-3-7-19(16,17)8-4-11/h9,11H,3-8H2,1-2H3,(H,13,14). The van der Waals surface area contributed by atoms with Crippen molar-refractivity contribution in [2.24, 2.45) is 0 Å². The number of anilines is 1. The van der Waals surface area contributed by atoms with E-state index in [1.807, 2.05) is 13.1 Å². The van der Waals surface area contributed by atoms with Gasteiger partial charge in [0.1, 0.15) is 9.84 Å². The number of methoxy groups -OCH3 is 1. The Labute approximate surface area is 114 Å². The molecule has 0 saturated carbocycles. The van der Waals surface area contributed by atoms with Crippen molar-refractivity contribution in [1.29, 1.82) is 0 Å². The van der Waals surface area contributed by atoms with Crippen LogP contribution in [0, 0.1) is 6.92 Å². The van der Waals surface area contributed by atoms with Gasteiger partial charge in [0.25, 0.3) is 0 Å². The maximum absolute atomic E-state index is 11.5. The fraction of sp³-hybridized carbons (Fsp3) is 0.750. The van der Waals surface area contributed by atoms with Crippen molar-refractivity contribution in [3.8, 4) is 0 Å². The van der Waals surface area contributed by atoms with Gasteiger partial charge in [-0.25, -0.2) is 13.4 Å². The van der Waals surface area contributed by atoms with E-state index >= 15 is 0 Å². The molecule has 1 aromatic heterocycles. The molecular formula is C12H21N3O3S. The van der Waals surface area contributed by atoms with Gasteiger partial charge in [0.05, 0.1) is 23.8 Å². The molecule has 6 nitrogen and oxygen atoms in total. The number of hydrogen-bond acceptors (Lipinski definition) is 5. The van der Waals surface area contributed by atoms with E-state index in [0.717, 1.165) is 11.6 Å². The maximum atomic E-state index is 11.5. The summed E-state index contributed by atoms with van der Waals surface area (Å²) in [6, 6.07) is 0.217. The van der Waals surface area contributed by atoms with E-state index in [9.17, 15) is 8.42 Å². The SMILES string of the molecule is COCCNc1nc(C)cn1C1CCS(=O)(=O)CC1. The zero-order valence-corrected chi connectivity index (χ0v) is 12.2. The lowest BCUT2D eigenvalue weighted by Crippen LogP contribution is -2.26. The zero-order valence-electron chi connectivity index (χ0n) is 11.4. The van der Waals surface area contributed by atoms with Gasteiger partial charge in [-0.3, -0.25) is 0 Å². The van der Waals surface area contributed by atoms with E-state index in [0.29, 0.717) is 26.0 Å². The van der Waals surface area contributed by atoms with Crippen LogP contribution < -0.4 is 5.32 Å². The highest BCUT2D eigenvalue weighted by Crippen LogP contribution is 2.27. The fourth-order valence-corrected chi connectivity index (χ4v) is 3.81. The Balaban J connectivity index is 2.07. The molecule has 1 fully saturated rings. The van der Waals surface area contributed by atoms with Gasteiger partial charge in [0.15, 0.2) is 0 Å². The minimum absolute atomic E-state index is 0.217.